The van der Waals surface area contributed by atoms with E-state index in [1.807, 2.05) is 0 Å². The van der Waals surface area contributed by atoms with Gasteiger partial charge in [0, 0.05) is 34.1 Å². The summed E-state index contributed by atoms with van der Waals surface area (Å²) in [7, 11) is -3.92. The number of hydrogen-bond donors (Lipinski definition) is 6. The van der Waals surface area contributed by atoms with Crippen LogP contribution < -0.4 is 31.9 Å². The molecule has 0 atom stereocenters. The number of carbonyl (C=O) groups excluding carboxylic acids is 4. The van der Waals surface area contributed by atoms with Crippen LogP contribution >= 0.6 is 0 Å². The van der Waals surface area contributed by atoms with Gasteiger partial charge in [0.2, 0.25) is 9.84 Å². The summed E-state index contributed by atoms with van der Waals surface area (Å²) in [4.78, 5) is 49.4. The largest absolute Gasteiger partial charge is 0.446 e. The molecule has 0 unspecified atom stereocenters. The second-order valence-electron chi connectivity index (χ2n) is 12.2. The van der Waals surface area contributed by atoms with E-state index in [-0.39, 0.29) is 22.0 Å². The summed E-state index contributed by atoms with van der Waals surface area (Å²) in [6.45, 7) is 3.60. The minimum absolute atomic E-state index is 0.00425. The van der Waals surface area contributed by atoms with Crippen LogP contribution in [0.5, 0.6) is 0 Å². The van der Waals surface area contributed by atoms with Gasteiger partial charge in [0.1, 0.15) is 12.2 Å². The molecule has 0 radical (unpaired) electrons. The Hall–Kier alpha value is -6.09. The van der Waals surface area contributed by atoms with Gasteiger partial charge >= 0.3 is 24.2 Å². The lowest BCUT2D eigenvalue weighted by Gasteiger charge is -2.13. The summed E-state index contributed by atoms with van der Waals surface area (Å²) < 4.78 is 37.0. The number of hydrogen-bond acceptors (Lipinski definition) is 8. The predicted octanol–water partition coefficient (Wildman–Crippen LogP) is 7.85. The summed E-state index contributed by atoms with van der Waals surface area (Å²) in [5, 5.41) is 16.1. The van der Waals surface area contributed by atoms with Gasteiger partial charge in [-0.2, -0.15) is 0 Å². The van der Waals surface area contributed by atoms with Gasteiger partial charge in [0.25, 0.3) is 0 Å². The molecule has 264 valence electrons. The Morgan fingerprint density at radius 1 is 0.510 bits per heavy atom. The first-order valence-electron chi connectivity index (χ1n) is 16.2. The van der Waals surface area contributed by atoms with Gasteiger partial charge in [-0.15, -0.1) is 0 Å². The van der Waals surface area contributed by atoms with Gasteiger partial charge in [-0.05, 0) is 123 Å². The highest BCUT2D eigenvalue weighted by Gasteiger charge is 2.27. The van der Waals surface area contributed by atoms with Gasteiger partial charge in [-0.1, -0.05) is 12.1 Å². The fraction of sp³-hybridized carbons (Fsp3) is 0.222. The summed E-state index contributed by atoms with van der Waals surface area (Å²) in [6.07, 6.45) is 2.22. The van der Waals surface area contributed by atoms with E-state index in [1.165, 1.54) is 48.5 Å². The van der Waals surface area contributed by atoms with E-state index in [4.69, 9.17) is 9.47 Å². The number of ether oxygens (including phenoxy) is 2. The van der Waals surface area contributed by atoms with Crippen molar-refractivity contribution in [3.8, 4) is 0 Å². The molecule has 0 aliphatic heterocycles. The molecule has 6 N–H and O–H groups in total. The van der Waals surface area contributed by atoms with Crippen LogP contribution in [-0.2, 0) is 19.3 Å². The van der Waals surface area contributed by atoms with Crippen LogP contribution in [0.4, 0.5) is 53.3 Å². The quantitative estimate of drug-likeness (QED) is 0.0957. The Morgan fingerprint density at radius 3 is 1.22 bits per heavy atom. The molecule has 4 aromatic rings. The molecule has 0 saturated heterocycles. The Kier molecular flexibility index (Phi) is 10.1. The molecule has 0 aromatic heterocycles. The van der Waals surface area contributed by atoms with Crippen molar-refractivity contribution in [2.24, 2.45) is 0 Å². The van der Waals surface area contributed by atoms with Gasteiger partial charge in [-0.3, -0.25) is 10.6 Å². The van der Waals surface area contributed by atoms with Crippen LogP contribution in [0.1, 0.15) is 36.8 Å². The standard InChI is InChI=1S/C36H36N6O8S/c1-21-3-5-25(39-35(45)49-27-11-12-27)19-31(21)41-33(43)37-23-7-15-29(16-8-23)51(47,48)30-17-9-24(10-18-30)38-34(44)42-32-20-26(6-4-22(32)2)40-36(46)50-28-13-14-28/h3-10,15-20,27-28H,11-14H2,1-2H3,(H,39,45)(H,40,46)(H2,37,41,43)(H2,38,42,44). The van der Waals surface area contributed by atoms with Crippen molar-refractivity contribution < 1.29 is 37.1 Å². The van der Waals surface area contributed by atoms with E-state index >= 15 is 0 Å². The molecule has 0 spiro atoms. The lowest BCUT2D eigenvalue weighted by Crippen LogP contribution is -2.20. The number of sulfone groups is 1. The van der Waals surface area contributed by atoms with Crippen molar-refractivity contribution in [1.82, 2.24) is 0 Å². The van der Waals surface area contributed by atoms with E-state index in [0.29, 0.717) is 34.1 Å². The summed E-state index contributed by atoms with van der Waals surface area (Å²) >= 11 is 0. The van der Waals surface area contributed by atoms with Crippen molar-refractivity contribution in [3.63, 3.8) is 0 Å². The Morgan fingerprint density at radius 2 is 0.863 bits per heavy atom. The molecule has 15 heteroatoms. The van der Waals surface area contributed by atoms with E-state index in [9.17, 15) is 27.6 Å². The average molecular weight is 713 g/mol. The maximum absolute atomic E-state index is 13.3. The van der Waals surface area contributed by atoms with Crippen molar-refractivity contribution in [2.45, 2.75) is 61.5 Å². The zero-order chi connectivity index (χ0) is 36.1. The number of urea groups is 2. The molecule has 14 nitrogen and oxygen atoms in total. The van der Waals surface area contributed by atoms with Gasteiger partial charge in [0.15, 0.2) is 0 Å². The highest BCUT2D eigenvalue weighted by Crippen LogP contribution is 2.28. The Balaban J connectivity index is 1.02. The van der Waals surface area contributed by atoms with Gasteiger partial charge in [0.05, 0.1) is 9.79 Å². The average Bonchev–Trinajstić information content (AvgIpc) is 4.03. The molecule has 2 aliphatic rings. The van der Waals surface area contributed by atoms with E-state index in [1.54, 1.807) is 50.2 Å². The van der Waals surface area contributed by atoms with Crippen LogP contribution in [0, 0.1) is 13.8 Å². The maximum atomic E-state index is 13.3. The zero-order valence-corrected chi connectivity index (χ0v) is 28.6. The number of carbonyl (C=O) groups is 4. The van der Waals surface area contributed by atoms with Crippen LogP contribution in [0.25, 0.3) is 0 Å². The van der Waals surface area contributed by atoms with E-state index < -0.39 is 34.1 Å². The van der Waals surface area contributed by atoms with E-state index in [2.05, 4.69) is 31.9 Å². The molecule has 6 amide bonds. The Bertz CT molecular complexity index is 1940. The van der Waals surface area contributed by atoms with Crippen molar-refractivity contribution in [1.29, 1.82) is 0 Å². The molecule has 2 fully saturated rings. The normalized spacial score (nSPS) is 13.7. The van der Waals surface area contributed by atoms with E-state index in [0.717, 1.165) is 36.8 Å². The highest BCUT2D eigenvalue weighted by atomic mass is 32.2. The third kappa shape index (κ3) is 9.54. The minimum Gasteiger partial charge on any atom is -0.446 e. The summed E-state index contributed by atoms with van der Waals surface area (Å²) in [6, 6.07) is 20.4. The molecule has 4 aromatic carbocycles. The molecule has 51 heavy (non-hydrogen) atoms. The lowest BCUT2D eigenvalue weighted by molar-refractivity contribution is 0.153. The second-order valence-corrected chi connectivity index (χ2v) is 14.2. The number of aryl methyl sites for hydroxylation is 2. The first-order valence-corrected chi connectivity index (χ1v) is 17.7. The summed E-state index contributed by atoms with van der Waals surface area (Å²) in [5.41, 5.74) is 4.08. The molecular formula is C36H36N6O8S. The first kappa shape index (κ1) is 34.8. The van der Waals surface area contributed by atoms with Crippen LogP contribution in [0.2, 0.25) is 0 Å². The van der Waals surface area contributed by atoms with Gasteiger partial charge in [-0.25, -0.2) is 27.6 Å². The summed E-state index contributed by atoms with van der Waals surface area (Å²) in [5.74, 6) is 0. The van der Waals surface area contributed by atoms with Crippen LogP contribution in [0.3, 0.4) is 0 Å². The first-order chi connectivity index (χ1) is 24.4. The van der Waals surface area contributed by atoms with Crippen LogP contribution in [0.15, 0.2) is 94.7 Å². The molecule has 0 heterocycles. The number of nitrogens with one attached hydrogen (secondary N) is 6. The van der Waals surface area contributed by atoms with Crippen molar-refractivity contribution in [3.05, 3.63) is 96.1 Å². The zero-order valence-electron chi connectivity index (χ0n) is 27.7. The Labute approximate surface area is 294 Å². The topological polar surface area (TPSA) is 193 Å². The SMILES string of the molecule is Cc1ccc(NC(=O)OC2CC2)cc1NC(=O)Nc1ccc(S(=O)(=O)c2ccc(NC(=O)Nc3cc(NC(=O)OC4CC4)ccc3C)cc2)cc1. The number of amides is 6. The third-order valence-electron chi connectivity index (χ3n) is 7.91. The fourth-order valence-corrected chi connectivity index (χ4v) is 6.04. The molecule has 0 bridgehead atoms. The highest BCUT2D eigenvalue weighted by molar-refractivity contribution is 7.91. The molecule has 2 aliphatic carbocycles. The molecule has 2 saturated carbocycles. The van der Waals surface area contributed by atoms with Crippen molar-refractivity contribution in [2.75, 3.05) is 31.9 Å². The minimum atomic E-state index is -3.92. The predicted molar refractivity (Wildman–Crippen MR) is 192 cm³/mol. The molecule has 6 rings (SSSR count). The maximum Gasteiger partial charge on any atom is 0.411 e. The monoisotopic (exact) mass is 712 g/mol. The van der Waals surface area contributed by atoms with Crippen molar-refractivity contribution >= 4 is 68.2 Å². The fourth-order valence-electron chi connectivity index (χ4n) is 4.78. The number of rotatable bonds is 10. The lowest BCUT2D eigenvalue weighted by atomic mass is 10.2. The number of benzene rings is 4. The molecular weight excluding hydrogens is 676 g/mol. The smallest absolute Gasteiger partial charge is 0.411 e. The third-order valence-corrected chi connectivity index (χ3v) is 9.69. The van der Waals surface area contributed by atoms with Gasteiger partial charge < -0.3 is 30.7 Å². The number of anilines is 6. The second kappa shape index (κ2) is 14.8. The van der Waals surface area contributed by atoms with Crippen LogP contribution in [-0.4, -0.2) is 44.9 Å².